The number of anilines is 3. The first-order chi connectivity index (χ1) is 31.6. The average molecular weight is 852 g/mol. The van der Waals surface area contributed by atoms with E-state index in [2.05, 4.69) is 240 Å². The van der Waals surface area contributed by atoms with Crippen LogP contribution in [0.4, 0.5) is 17.1 Å². The molecular weight excluding hydrogens is 798 g/mol. The number of benzene rings is 9. The topological polar surface area (TPSA) is 13.1 Å². The van der Waals surface area contributed by atoms with Gasteiger partial charge in [-0.2, -0.15) is 0 Å². The molecule has 0 spiro atoms. The molecule has 0 radical (unpaired) electrons. The third-order valence-electron chi connectivity index (χ3n) is 15.1. The Bertz CT molecular complexity index is 3830. The zero-order valence-electron chi connectivity index (χ0n) is 39.5. The van der Waals surface area contributed by atoms with Gasteiger partial charge in [0, 0.05) is 44.3 Å². The first-order valence-corrected chi connectivity index (χ1v) is 23.8. The van der Waals surface area contributed by atoms with E-state index in [0.717, 1.165) is 5.69 Å². The Balaban J connectivity index is 1.26. The van der Waals surface area contributed by atoms with Crippen molar-refractivity contribution in [2.45, 2.75) is 78.6 Å². The van der Waals surface area contributed by atoms with Crippen LogP contribution in [0.15, 0.2) is 164 Å². The molecule has 320 valence electrons. The summed E-state index contributed by atoms with van der Waals surface area (Å²) in [5.74, 6) is 0. The quantitative estimate of drug-likeness (QED) is 0.125. The number of rotatable bonds is 2. The van der Waals surface area contributed by atoms with Gasteiger partial charge in [0.15, 0.2) is 0 Å². The summed E-state index contributed by atoms with van der Waals surface area (Å²) in [5.41, 5.74) is 19.1. The van der Waals surface area contributed by atoms with Crippen molar-refractivity contribution in [1.29, 1.82) is 0 Å². The lowest BCUT2D eigenvalue weighted by Gasteiger charge is -2.41. The van der Waals surface area contributed by atoms with Crippen molar-refractivity contribution in [2.75, 3.05) is 4.90 Å². The Hall–Kier alpha value is -7.04. The van der Waals surface area contributed by atoms with Crippen molar-refractivity contribution in [2.24, 2.45) is 0 Å². The molecule has 66 heavy (non-hydrogen) atoms. The Morgan fingerprint density at radius 3 is 1.62 bits per heavy atom. The molecule has 4 heterocycles. The van der Waals surface area contributed by atoms with E-state index in [1.807, 2.05) is 0 Å². The van der Waals surface area contributed by atoms with Gasteiger partial charge in [-0.25, -0.2) is 0 Å². The van der Waals surface area contributed by atoms with Crippen LogP contribution in [0.5, 0.6) is 0 Å². The number of fused-ring (bicyclic) bond motifs is 14. The maximum absolute atomic E-state index is 2.68. The van der Waals surface area contributed by atoms with Gasteiger partial charge in [0.05, 0.1) is 27.8 Å². The van der Waals surface area contributed by atoms with Crippen molar-refractivity contribution in [1.82, 2.24) is 9.13 Å². The molecule has 0 unspecified atom stereocenters. The Morgan fingerprint density at radius 1 is 0.364 bits per heavy atom. The molecule has 0 atom stereocenters. The predicted octanol–water partition coefficient (Wildman–Crippen LogP) is 14.7. The van der Waals surface area contributed by atoms with Crippen LogP contribution in [-0.2, 0) is 16.2 Å². The van der Waals surface area contributed by atoms with E-state index in [4.69, 9.17) is 0 Å². The molecular formula is C62H54BN3. The molecule has 0 N–H and O–H groups in total. The Labute approximate surface area is 388 Å². The van der Waals surface area contributed by atoms with Crippen LogP contribution in [-0.4, -0.2) is 15.8 Å². The molecule has 0 amide bonds. The minimum Gasteiger partial charge on any atom is -0.311 e. The minimum absolute atomic E-state index is 0.0122. The van der Waals surface area contributed by atoms with Crippen molar-refractivity contribution >= 4 is 105 Å². The van der Waals surface area contributed by atoms with Crippen molar-refractivity contribution in [3.05, 3.63) is 180 Å². The zero-order chi connectivity index (χ0) is 45.2. The first-order valence-electron chi connectivity index (χ1n) is 23.8. The highest BCUT2D eigenvalue weighted by atomic mass is 15.2. The highest BCUT2D eigenvalue weighted by Crippen LogP contribution is 2.47. The molecule has 2 aliphatic heterocycles. The molecule has 11 aromatic rings. The molecule has 0 saturated heterocycles. The van der Waals surface area contributed by atoms with Crippen molar-refractivity contribution in [3.63, 3.8) is 0 Å². The number of nitrogens with zero attached hydrogens (tertiary/aromatic N) is 3. The molecule has 4 heteroatoms. The number of hydrogen-bond acceptors (Lipinski definition) is 1. The molecule has 13 rings (SSSR count). The summed E-state index contributed by atoms with van der Waals surface area (Å²) in [6.45, 7) is 21.0. The van der Waals surface area contributed by atoms with Crippen LogP contribution in [0.1, 0.15) is 79.0 Å². The second-order valence-corrected chi connectivity index (χ2v) is 22.2. The van der Waals surface area contributed by atoms with Gasteiger partial charge in [0.2, 0.25) is 0 Å². The summed E-state index contributed by atoms with van der Waals surface area (Å²) < 4.78 is 5.20. The summed E-state index contributed by atoms with van der Waals surface area (Å²) >= 11 is 0. The van der Waals surface area contributed by atoms with Crippen molar-refractivity contribution in [3.8, 4) is 11.4 Å². The van der Waals surface area contributed by atoms with Gasteiger partial charge in [-0.15, -0.1) is 0 Å². The maximum atomic E-state index is 2.68. The lowest BCUT2D eigenvalue weighted by molar-refractivity contribution is 0.590. The molecule has 9 aromatic carbocycles. The normalized spacial score (nSPS) is 13.8. The van der Waals surface area contributed by atoms with E-state index in [0.29, 0.717) is 0 Å². The van der Waals surface area contributed by atoms with Crippen LogP contribution < -0.4 is 21.3 Å². The van der Waals surface area contributed by atoms with E-state index < -0.39 is 0 Å². The SMILES string of the molecule is CC(C)(C)c1ccc(N2c3ccc(C(C)(C)C)cc3B3c4c2cc(-n2c5ccccc5c5ccccc52)cc4-n2c4cc(C(C)(C)C)ccc4c4c5c(ccc6ccccc65)cc3c42)cc1. The van der Waals surface area contributed by atoms with E-state index in [1.54, 1.807) is 0 Å². The van der Waals surface area contributed by atoms with Gasteiger partial charge in [-0.05, 0) is 119 Å². The zero-order valence-corrected chi connectivity index (χ0v) is 39.5. The first kappa shape index (κ1) is 39.3. The second kappa shape index (κ2) is 13.3. The smallest absolute Gasteiger partial charge is 0.252 e. The van der Waals surface area contributed by atoms with Gasteiger partial charge in [-0.1, -0.05) is 178 Å². The largest absolute Gasteiger partial charge is 0.311 e. The monoisotopic (exact) mass is 851 g/mol. The van der Waals surface area contributed by atoms with Gasteiger partial charge >= 0.3 is 0 Å². The van der Waals surface area contributed by atoms with Crippen LogP contribution in [0.25, 0.3) is 76.5 Å². The fourth-order valence-corrected chi connectivity index (χ4v) is 11.7. The fourth-order valence-electron chi connectivity index (χ4n) is 11.7. The third kappa shape index (κ3) is 5.45. The van der Waals surface area contributed by atoms with Crippen LogP contribution in [0, 0.1) is 0 Å². The van der Waals surface area contributed by atoms with E-state index >= 15 is 0 Å². The summed E-state index contributed by atoms with van der Waals surface area (Å²) in [4.78, 5) is 2.59. The standard InChI is InChI=1S/C62H54BN3/c1-60(2,3)39-24-28-42(29-25-39)64-52-31-27-40(61(4,5)6)33-48(52)63-49-32-38-23-22-37-16-10-11-17-44(37)56(38)57-47-30-26-41(62(7,8)9)34-53(47)66(59(49)57)55-36-43(35-54(64)58(55)63)65-50-20-14-12-18-45(50)46-19-13-15-21-51(46)65/h10-36H,1-9H3. The third-order valence-corrected chi connectivity index (χ3v) is 15.1. The van der Waals surface area contributed by atoms with Gasteiger partial charge in [0.1, 0.15) is 0 Å². The molecule has 0 aliphatic carbocycles. The lowest BCUT2D eigenvalue weighted by atomic mass is 9.33. The highest BCUT2D eigenvalue weighted by molar-refractivity contribution is 7.00. The summed E-state index contributed by atoms with van der Waals surface area (Å²) in [6, 6.07) is 63.2. The maximum Gasteiger partial charge on any atom is 0.252 e. The summed E-state index contributed by atoms with van der Waals surface area (Å²) in [7, 11) is 0. The van der Waals surface area contributed by atoms with Crippen LogP contribution >= 0.6 is 0 Å². The molecule has 0 bridgehead atoms. The summed E-state index contributed by atoms with van der Waals surface area (Å²) in [6.07, 6.45) is 0. The van der Waals surface area contributed by atoms with Crippen molar-refractivity contribution < 1.29 is 0 Å². The van der Waals surface area contributed by atoms with Gasteiger partial charge in [0.25, 0.3) is 6.71 Å². The van der Waals surface area contributed by atoms with E-state index in [9.17, 15) is 0 Å². The van der Waals surface area contributed by atoms with Crippen LogP contribution in [0.3, 0.4) is 0 Å². The van der Waals surface area contributed by atoms with Gasteiger partial charge in [-0.3, -0.25) is 0 Å². The van der Waals surface area contributed by atoms with E-state index in [-0.39, 0.29) is 23.0 Å². The molecule has 0 fully saturated rings. The number of para-hydroxylation sites is 2. The molecule has 3 nitrogen and oxygen atoms in total. The van der Waals surface area contributed by atoms with E-state index in [1.165, 1.54) is 121 Å². The predicted molar refractivity (Wildman–Crippen MR) is 286 cm³/mol. The molecule has 2 aliphatic rings. The Morgan fingerprint density at radius 2 is 0.939 bits per heavy atom. The lowest BCUT2D eigenvalue weighted by Crippen LogP contribution is -2.60. The summed E-state index contributed by atoms with van der Waals surface area (Å²) in [5, 5.41) is 10.4. The van der Waals surface area contributed by atoms with Gasteiger partial charge < -0.3 is 14.0 Å². The average Bonchev–Trinajstić information content (AvgIpc) is 3.82. The molecule has 2 aromatic heterocycles. The second-order valence-electron chi connectivity index (χ2n) is 22.2. The highest BCUT2D eigenvalue weighted by Gasteiger charge is 2.44. The Kier molecular flexibility index (Phi) is 7.92. The minimum atomic E-state index is -0.0394. The fraction of sp³-hybridized carbons (Fsp3) is 0.194. The number of hydrogen-bond donors (Lipinski definition) is 0. The molecule has 0 saturated carbocycles. The van der Waals surface area contributed by atoms with Crippen LogP contribution in [0.2, 0.25) is 0 Å². The number of aromatic nitrogens is 2.